The van der Waals surface area contributed by atoms with Crippen molar-refractivity contribution in [3.63, 3.8) is 0 Å². The minimum atomic E-state index is -0.188. The number of ether oxygens (including phenoxy) is 2. The second kappa shape index (κ2) is 10.2. The lowest BCUT2D eigenvalue weighted by atomic mass is 10.1. The smallest absolute Gasteiger partial charge is 0.239 e. The molecule has 0 aliphatic heterocycles. The van der Waals surface area contributed by atoms with Gasteiger partial charge in [0.05, 0.1) is 20.8 Å². The molecule has 0 heterocycles. The van der Waals surface area contributed by atoms with Gasteiger partial charge < -0.3 is 19.7 Å². The summed E-state index contributed by atoms with van der Waals surface area (Å²) in [5.41, 5.74) is 2.02. The van der Waals surface area contributed by atoms with Crippen LogP contribution in [0.2, 0.25) is 0 Å². The second-order valence-electron chi connectivity index (χ2n) is 6.17. The highest BCUT2D eigenvalue weighted by Crippen LogP contribution is 2.13. The van der Waals surface area contributed by atoms with E-state index in [4.69, 9.17) is 9.47 Å². The highest BCUT2D eigenvalue weighted by Gasteiger charge is 2.13. The van der Waals surface area contributed by atoms with Crippen molar-refractivity contribution in [2.24, 2.45) is 0 Å². The number of methoxy groups -OCH3 is 2. The second-order valence-corrected chi connectivity index (χ2v) is 6.17. The Morgan fingerprint density at radius 1 is 0.963 bits per heavy atom. The zero-order valence-electron chi connectivity index (χ0n) is 16.0. The van der Waals surface area contributed by atoms with Crippen molar-refractivity contribution in [3.8, 4) is 11.5 Å². The van der Waals surface area contributed by atoms with Crippen molar-refractivity contribution in [3.05, 3.63) is 59.7 Å². The van der Waals surface area contributed by atoms with Crippen LogP contribution in [0.5, 0.6) is 11.5 Å². The maximum Gasteiger partial charge on any atom is 0.239 e. The zero-order valence-corrected chi connectivity index (χ0v) is 16.0. The van der Waals surface area contributed by atoms with Crippen molar-refractivity contribution in [2.45, 2.75) is 19.9 Å². The molecule has 2 aromatic carbocycles. The Labute approximate surface area is 160 Å². The van der Waals surface area contributed by atoms with E-state index in [0.29, 0.717) is 19.5 Å². The van der Waals surface area contributed by atoms with Gasteiger partial charge in [-0.15, -0.1) is 0 Å². The summed E-state index contributed by atoms with van der Waals surface area (Å²) in [4.78, 5) is 25.6. The Kier molecular flexibility index (Phi) is 7.67. The zero-order chi connectivity index (χ0) is 19.6. The first-order valence-corrected chi connectivity index (χ1v) is 8.80. The Bertz CT molecular complexity index is 759. The van der Waals surface area contributed by atoms with Gasteiger partial charge in [0.15, 0.2) is 0 Å². The minimum Gasteiger partial charge on any atom is -0.497 e. The molecular weight excluding hydrogens is 344 g/mol. The molecule has 0 radical (unpaired) electrons. The number of carbonyl (C=O) groups excluding carboxylic acids is 2. The maximum absolute atomic E-state index is 12.2. The van der Waals surface area contributed by atoms with E-state index in [0.717, 1.165) is 22.6 Å². The highest BCUT2D eigenvalue weighted by molar-refractivity contribution is 5.83. The van der Waals surface area contributed by atoms with Gasteiger partial charge in [0.25, 0.3) is 0 Å². The molecule has 0 spiro atoms. The minimum absolute atomic E-state index is 0.0372. The molecule has 0 aromatic heterocycles. The van der Waals surface area contributed by atoms with Gasteiger partial charge in [0, 0.05) is 20.0 Å². The molecule has 6 heteroatoms. The van der Waals surface area contributed by atoms with Crippen LogP contribution >= 0.6 is 0 Å². The van der Waals surface area contributed by atoms with Gasteiger partial charge in [0.2, 0.25) is 11.8 Å². The predicted molar refractivity (Wildman–Crippen MR) is 104 cm³/mol. The summed E-state index contributed by atoms with van der Waals surface area (Å²) in [5, 5.41) is 2.84. The highest BCUT2D eigenvalue weighted by atomic mass is 16.5. The third-order valence-electron chi connectivity index (χ3n) is 4.23. The molecular formula is C21H26N2O4. The van der Waals surface area contributed by atoms with Crippen LogP contribution in [-0.2, 0) is 22.6 Å². The van der Waals surface area contributed by atoms with Gasteiger partial charge in [-0.05, 0) is 41.8 Å². The molecule has 2 rings (SSSR count). The number of carbonyl (C=O) groups is 2. The maximum atomic E-state index is 12.2. The van der Waals surface area contributed by atoms with Crippen LogP contribution in [0.4, 0.5) is 0 Å². The fourth-order valence-corrected chi connectivity index (χ4v) is 2.61. The first kappa shape index (κ1) is 20.3. The lowest BCUT2D eigenvalue weighted by Crippen LogP contribution is -2.40. The molecule has 6 nitrogen and oxygen atoms in total. The molecule has 144 valence electrons. The lowest BCUT2D eigenvalue weighted by Gasteiger charge is -2.20. The van der Waals surface area contributed by atoms with Crippen molar-refractivity contribution in [1.29, 1.82) is 0 Å². The summed E-state index contributed by atoms with van der Waals surface area (Å²) < 4.78 is 10.3. The molecule has 0 bridgehead atoms. The van der Waals surface area contributed by atoms with E-state index in [2.05, 4.69) is 5.32 Å². The largest absolute Gasteiger partial charge is 0.497 e. The van der Waals surface area contributed by atoms with Crippen molar-refractivity contribution < 1.29 is 19.1 Å². The molecule has 2 amide bonds. The predicted octanol–water partition coefficient (Wildman–Crippen LogP) is 2.41. The van der Waals surface area contributed by atoms with E-state index in [9.17, 15) is 9.59 Å². The van der Waals surface area contributed by atoms with Gasteiger partial charge in [-0.2, -0.15) is 0 Å². The molecule has 0 fully saturated rings. The number of hydrogen-bond acceptors (Lipinski definition) is 4. The summed E-state index contributed by atoms with van der Waals surface area (Å²) in [7, 11) is 3.23. The van der Waals surface area contributed by atoms with E-state index in [1.54, 1.807) is 19.1 Å². The van der Waals surface area contributed by atoms with E-state index in [1.165, 1.54) is 6.92 Å². The lowest BCUT2D eigenvalue weighted by molar-refractivity contribution is -0.134. The van der Waals surface area contributed by atoms with Crippen LogP contribution in [0.3, 0.4) is 0 Å². The van der Waals surface area contributed by atoms with Crippen LogP contribution in [-0.4, -0.2) is 44.0 Å². The van der Waals surface area contributed by atoms with Crippen LogP contribution in [0, 0.1) is 0 Å². The SMILES string of the molecule is COc1ccc(CNC(=O)CN(CCc2cccc(OC)c2)C(C)=O)cc1. The third-order valence-corrected chi connectivity index (χ3v) is 4.23. The molecule has 1 N–H and O–H groups in total. The van der Waals surface area contributed by atoms with Crippen molar-refractivity contribution in [1.82, 2.24) is 10.2 Å². The Hall–Kier alpha value is -3.02. The van der Waals surface area contributed by atoms with E-state index in [1.807, 2.05) is 48.5 Å². The number of hydrogen-bond donors (Lipinski definition) is 1. The van der Waals surface area contributed by atoms with Gasteiger partial charge >= 0.3 is 0 Å². The molecule has 0 aliphatic carbocycles. The fourth-order valence-electron chi connectivity index (χ4n) is 2.61. The normalized spacial score (nSPS) is 10.2. The summed E-state index contributed by atoms with van der Waals surface area (Å²) in [6.45, 7) is 2.39. The van der Waals surface area contributed by atoms with Crippen LogP contribution in [0.25, 0.3) is 0 Å². The van der Waals surface area contributed by atoms with Gasteiger partial charge in [-0.25, -0.2) is 0 Å². The molecule has 2 aromatic rings. The molecule has 0 aliphatic rings. The summed E-state index contributed by atoms with van der Waals surface area (Å²) in [6, 6.07) is 15.2. The average Bonchev–Trinajstić information content (AvgIpc) is 2.69. The van der Waals surface area contributed by atoms with Crippen LogP contribution in [0.15, 0.2) is 48.5 Å². The molecule has 0 saturated heterocycles. The number of amides is 2. The standard InChI is InChI=1S/C21H26N2O4/c1-16(24)23(12-11-17-5-4-6-20(13-17)27-3)15-21(25)22-14-18-7-9-19(26-2)10-8-18/h4-10,13H,11-12,14-15H2,1-3H3,(H,22,25). The summed E-state index contributed by atoms with van der Waals surface area (Å²) >= 11 is 0. The number of nitrogens with zero attached hydrogens (tertiary/aromatic N) is 1. The van der Waals surface area contributed by atoms with Crippen molar-refractivity contribution in [2.75, 3.05) is 27.3 Å². The van der Waals surface area contributed by atoms with E-state index in [-0.39, 0.29) is 18.4 Å². The fraction of sp³-hybridized carbons (Fsp3) is 0.333. The van der Waals surface area contributed by atoms with E-state index >= 15 is 0 Å². The average molecular weight is 370 g/mol. The molecule has 0 atom stereocenters. The molecule has 27 heavy (non-hydrogen) atoms. The van der Waals surface area contributed by atoms with Gasteiger partial charge in [0.1, 0.15) is 11.5 Å². The Balaban J connectivity index is 1.84. The molecule has 0 unspecified atom stereocenters. The first-order chi connectivity index (χ1) is 13.0. The van der Waals surface area contributed by atoms with Crippen LogP contribution in [0.1, 0.15) is 18.1 Å². The van der Waals surface area contributed by atoms with Crippen molar-refractivity contribution >= 4 is 11.8 Å². The number of rotatable bonds is 9. The summed E-state index contributed by atoms with van der Waals surface area (Å²) in [5.74, 6) is 1.23. The van der Waals surface area contributed by atoms with Gasteiger partial charge in [-0.3, -0.25) is 9.59 Å². The first-order valence-electron chi connectivity index (χ1n) is 8.80. The van der Waals surface area contributed by atoms with E-state index < -0.39 is 0 Å². The third kappa shape index (κ3) is 6.66. The Morgan fingerprint density at radius 2 is 1.67 bits per heavy atom. The number of nitrogens with one attached hydrogen (secondary N) is 1. The topological polar surface area (TPSA) is 67.9 Å². The Morgan fingerprint density at radius 3 is 2.30 bits per heavy atom. The summed E-state index contributed by atoms with van der Waals surface area (Å²) in [6.07, 6.45) is 0.655. The molecule has 0 saturated carbocycles. The van der Waals surface area contributed by atoms with Gasteiger partial charge in [-0.1, -0.05) is 24.3 Å². The monoisotopic (exact) mass is 370 g/mol. The number of benzene rings is 2. The van der Waals surface area contributed by atoms with Crippen LogP contribution < -0.4 is 14.8 Å². The quantitative estimate of drug-likeness (QED) is 0.736.